The number of nitrogens with zero attached hydrogens (tertiary/aromatic N) is 2. The van der Waals surface area contributed by atoms with E-state index >= 15 is 0 Å². The van der Waals surface area contributed by atoms with Gasteiger partial charge in [-0.3, -0.25) is 9.59 Å². The fraction of sp³-hybridized carbons (Fsp3) is 0.0588. The molecular formula is C34H21F3N2O2. The quantitative estimate of drug-likeness (QED) is 0.209. The summed E-state index contributed by atoms with van der Waals surface area (Å²) >= 11 is 0. The monoisotopic (exact) mass is 546 g/mol. The molecule has 4 nitrogen and oxygen atoms in total. The molecule has 0 saturated heterocycles. The molecule has 0 bridgehead atoms. The molecule has 1 aliphatic rings. The predicted molar refractivity (Wildman–Crippen MR) is 154 cm³/mol. The summed E-state index contributed by atoms with van der Waals surface area (Å²) in [6, 6.07) is 30.8. The minimum atomic E-state index is -4.64. The number of fused-ring (bicyclic) bond motifs is 4. The number of anilines is 1. The molecule has 0 aliphatic carbocycles. The van der Waals surface area contributed by atoms with Crippen LogP contribution in [0.4, 0.5) is 18.9 Å². The van der Waals surface area contributed by atoms with Crippen molar-refractivity contribution < 1.29 is 22.8 Å². The molecule has 1 aliphatic heterocycles. The lowest BCUT2D eigenvalue weighted by atomic mass is 10.0. The van der Waals surface area contributed by atoms with Crippen molar-refractivity contribution in [2.24, 2.45) is 0 Å². The average molecular weight is 547 g/mol. The number of para-hydroxylation sites is 3. The molecule has 41 heavy (non-hydrogen) atoms. The number of hydrogen-bond acceptors (Lipinski definition) is 2. The van der Waals surface area contributed by atoms with Crippen LogP contribution in [-0.4, -0.2) is 16.4 Å². The lowest BCUT2D eigenvalue weighted by Crippen LogP contribution is -2.30. The van der Waals surface area contributed by atoms with Crippen molar-refractivity contribution >= 4 is 39.3 Å². The summed E-state index contributed by atoms with van der Waals surface area (Å²) in [7, 11) is 0. The molecule has 200 valence electrons. The first-order valence-corrected chi connectivity index (χ1v) is 13.0. The fourth-order valence-electron chi connectivity index (χ4n) is 5.96. The van der Waals surface area contributed by atoms with Gasteiger partial charge in [-0.05, 0) is 42.3 Å². The van der Waals surface area contributed by atoms with Crippen molar-refractivity contribution in [3.63, 3.8) is 0 Å². The molecule has 2 heterocycles. The summed E-state index contributed by atoms with van der Waals surface area (Å²) in [6.45, 7) is 1.82. The maximum Gasteiger partial charge on any atom is 0.418 e. The number of benzene rings is 5. The molecule has 0 radical (unpaired) electrons. The van der Waals surface area contributed by atoms with Gasteiger partial charge in [-0.1, -0.05) is 84.9 Å². The molecule has 0 N–H and O–H groups in total. The summed E-state index contributed by atoms with van der Waals surface area (Å²) in [5.41, 5.74) is 2.79. The van der Waals surface area contributed by atoms with Crippen molar-refractivity contribution in [1.29, 1.82) is 0 Å². The number of amides is 2. The number of rotatable bonds is 3. The van der Waals surface area contributed by atoms with Crippen LogP contribution in [0.3, 0.4) is 0 Å². The second kappa shape index (κ2) is 8.93. The van der Waals surface area contributed by atoms with Gasteiger partial charge in [-0.2, -0.15) is 13.2 Å². The van der Waals surface area contributed by atoms with Gasteiger partial charge in [0.2, 0.25) is 0 Å². The highest BCUT2D eigenvalue weighted by molar-refractivity contribution is 6.36. The summed E-state index contributed by atoms with van der Waals surface area (Å²) in [4.78, 5) is 29.2. The number of carbonyl (C=O) groups is 2. The van der Waals surface area contributed by atoms with E-state index in [1.165, 1.54) is 10.6 Å². The van der Waals surface area contributed by atoms with E-state index in [0.29, 0.717) is 27.5 Å². The molecule has 6 aromatic rings. The van der Waals surface area contributed by atoms with Gasteiger partial charge in [0, 0.05) is 16.3 Å². The van der Waals surface area contributed by atoms with Gasteiger partial charge >= 0.3 is 6.18 Å². The minimum absolute atomic E-state index is 0.0546. The van der Waals surface area contributed by atoms with Crippen molar-refractivity contribution in [2.45, 2.75) is 13.1 Å². The van der Waals surface area contributed by atoms with Gasteiger partial charge in [0.15, 0.2) is 0 Å². The largest absolute Gasteiger partial charge is 0.418 e. The zero-order valence-corrected chi connectivity index (χ0v) is 21.7. The molecule has 0 unspecified atom stereocenters. The van der Waals surface area contributed by atoms with Gasteiger partial charge < -0.3 is 4.57 Å². The number of hydrogen-bond donors (Lipinski definition) is 0. The standard InChI is InChI=1S/C34H21F3N2O2/c1-20-10-7-14-23-24-15-8-17-26(34(35,36)37)31(24)38(30(20)23)28-19-9-16-25-29(28)33(41)39(32(25)40)27-18-6-5-13-22(27)21-11-3-2-4-12-21/h2-19H,1H3. The molecule has 0 saturated carbocycles. The lowest BCUT2D eigenvalue weighted by molar-refractivity contribution is -0.136. The normalized spacial score (nSPS) is 13.4. The summed E-state index contributed by atoms with van der Waals surface area (Å²) in [5, 5.41) is 1.05. The van der Waals surface area contributed by atoms with Gasteiger partial charge in [0.05, 0.1) is 39.1 Å². The third-order valence-electron chi connectivity index (χ3n) is 7.68. The Labute approximate surface area is 232 Å². The van der Waals surface area contributed by atoms with E-state index in [-0.39, 0.29) is 22.3 Å². The van der Waals surface area contributed by atoms with E-state index in [1.807, 2.05) is 55.5 Å². The Kier molecular flexibility index (Phi) is 5.41. The molecule has 0 atom stereocenters. The molecule has 0 fully saturated rings. The number of imide groups is 1. The molecule has 7 heteroatoms. The van der Waals surface area contributed by atoms with Crippen LogP contribution in [-0.2, 0) is 6.18 Å². The van der Waals surface area contributed by atoms with Gasteiger partial charge in [-0.25, -0.2) is 4.90 Å². The van der Waals surface area contributed by atoms with Crippen LogP contribution in [0.5, 0.6) is 0 Å². The van der Waals surface area contributed by atoms with Gasteiger partial charge in [-0.15, -0.1) is 0 Å². The summed E-state index contributed by atoms with van der Waals surface area (Å²) < 4.78 is 44.7. The smallest absolute Gasteiger partial charge is 0.308 e. The first kappa shape index (κ1) is 24.8. The van der Waals surface area contributed by atoms with Crippen molar-refractivity contribution in [3.8, 4) is 16.8 Å². The van der Waals surface area contributed by atoms with E-state index in [0.717, 1.165) is 22.1 Å². The fourth-order valence-corrected chi connectivity index (χ4v) is 5.96. The van der Waals surface area contributed by atoms with Crippen LogP contribution in [0.1, 0.15) is 31.8 Å². The zero-order chi connectivity index (χ0) is 28.5. The van der Waals surface area contributed by atoms with Crippen LogP contribution < -0.4 is 4.90 Å². The topological polar surface area (TPSA) is 42.3 Å². The number of aryl methyl sites for hydroxylation is 1. The van der Waals surface area contributed by atoms with Crippen LogP contribution in [0.15, 0.2) is 109 Å². The first-order valence-electron chi connectivity index (χ1n) is 13.0. The van der Waals surface area contributed by atoms with Crippen molar-refractivity contribution in [3.05, 3.63) is 131 Å². The SMILES string of the molecule is Cc1cccc2c3cccc(C(F)(F)F)c3n(-c3cccc4c3C(=O)N(c3ccccc3-c3ccccc3)C4=O)c12. The summed E-state index contributed by atoms with van der Waals surface area (Å²) in [5.74, 6) is -1.11. The maximum absolute atomic E-state index is 14.4. The Morgan fingerprint density at radius 1 is 0.585 bits per heavy atom. The number of halogens is 3. The number of alkyl halides is 3. The van der Waals surface area contributed by atoms with Crippen LogP contribution in [0.2, 0.25) is 0 Å². The molecule has 7 rings (SSSR count). The highest BCUT2D eigenvalue weighted by Gasteiger charge is 2.41. The first-order chi connectivity index (χ1) is 19.8. The predicted octanol–water partition coefficient (Wildman–Crippen LogP) is 8.58. The molecule has 2 amide bonds. The van der Waals surface area contributed by atoms with Gasteiger partial charge in [0.25, 0.3) is 11.8 Å². The van der Waals surface area contributed by atoms with E-state index < -0.39 is 23.6 Å². The Hall–Kier alpha value is -5.17. The molecule has 1 aromatic heterocycles. The highest BCUT2D eigenvalue weighted by Crippen LogP contribution is 2.44. The van der Waals surface area contributed by atoms with E-state index in [1.54, 1.807) is 48.5 Å². The lowest BCUT2D eigenvalue weighted by Gasteiger charge is -2.19. The number of aromatic nitrogens is 1. The third-order valence-corrected chi connectivity index (χ3v) is 7.68. The van der Waals surface area contributed by atoms with Crippen LogP contribution in [0.25, 0.3) is 38.6 Å². The Balaban J connectivity index is 1.52. The zero-order valence-electron chi connectivity index (χ0n) is 21.7. The molecule has 0 spiro atoms. The Bertz CT molecular complexity index is 2040. The van der Waals surface area contributed by atoms with Crippen LogP contribution in [0, 0.1) is 6.92 Å². The number of carbonyl (C=O) groups excluding carboxylic acids is 2. The van der Waals surface area contributed by atoms with Crippen LogP contribution >= 0.6 is 0 Å². The third kappa shape index (κ3) is 3.62. The minimum Gasteiger partial charge on any atom is -0.308 e. The van der Waals surface area contributed by atoms with Gasteiger partial charge in [0.1, 0.15) is 0 Å². The second-order valence-electron chi connectivity index (χ2n) is 10.0. The Morgan fingerprint density at radius 2 is 1.20 bits per heavy atom. The maximum atomic E-state index is 14.4. The van der Waals surface area contributed by atoms with E-state index in [9.17, 15) is 22.8 Å². The van der Waals surface area contributed by atoms with E-state index in [4.69, 9.17) is 0 Å². The molecular weight excluding hydrogens is 525 g/mol. The highest BCUT2D eigenvalue weighted by atomic mass is 19.4. The van der Waals surface area contributed by atoms with Crippen molar-refractivity contribution in [2.75, 3.05) is 4.90 Å². The second-order valence-corrected chi connectivity index (χ2v) is 10.0. The van der Waals surface area contributed by atoms with Crippen molar-refractivity contribution in [1.82, 2.24) is 4.57 Å². The summed E-state index contributed by atoms with van der Waals surface area (Å²) in [6.07, 6.45) is -4.64. The molecule has 5 aromatic carbocycles. The Morgan fingerprint density at radius 3 is 1.95 bits per heavy atom. The van der Waals surface area contributed by atoms with E-state index in [2.05, 4.69) is 0 Å². The average Bonchev–Trinajstić information content (AvgIpc) is 3.45.